The highest BCUT2D eigenvalue weighted by Crippen LogP contribution is 2.16. The minimum absolute atomic E-state index is 0.743. The predicted octanol–water partition coefficient (Wildman–Crippen LogP) is 2.47. The summed E-state index contributed by atoms with van der Waals surface area (Å²) in [5.74, 6) is 3.79. The normalized spacial score (nSPS) is 10.8. The molecule has 0 aromatic carbocycles. The van der Waals surface area contributed by atoms with E-state index in [1.54, 1.807) is 0 Å². The third-order valence-corrected chi connectivity index (χ3v) is 3.50. The molecule has 5 heteroatoms. The molecule has 0 aliphatic rings. The van der Waals surface area contributed by atoms with Gasteiger partial charge in [0.1, 0.15) is 0 Å². The second kappa shape index (κ2) is 5.44. The van der Waals surface area contributed by atoms with E-state index in [1.165, 1.54) is 17.3 Å². The highest BCUT2D eigenvalue weighted by Gasteiger charge is 2.02. The van der Waals surface area contributed by atoms with E-state index in [9.17, 15) is 0 Å². The van der Waals surface area contributed by atoms with Crippen LogP contribution in [0.15, 0.2) is 0 Å². The SMILES string of the molecule is CNc1nc(CSCC(C)C)ns1. The van der Waals surface area contributed by atoms with E-state index < -0.39 is 0 Å². The van der Waals surface area contributed by atoms with Gasteiger partial charge in [-0.25, -0.2) is 4.98 Å². The third-order valence-electron chi connectivity index (χ3n) is 1.36. The van der Waals surface area contributed by atoms with E-state index in [-0.39, 0.29) is 0 Å². The average Bonchev–Trinajstić information content (AvgIpc) is 2.52. The standard InChI is InChI=1S/C8H15N3S2/c1-6(2)4-12-5-7-10-8(9-3)13-11-7/h6H,4-5H2,1-3H3,(H,9,10,11). The Labute approximate surface area is 87.5 Å². The quantitative estimate of drug-likeness (QED) is 0.822. The molecule has 13 heavy (non-hydrogen) atoms. The number of nitrogens with zero attached hydrogens (tertiary/aromatic N) is 2. The summed E-state index contributed by atoms with van der Waals surface area (Å²) in [6.45, 7) is 4.45. The molecular weight excluding hydrogens is 202 g/mol. The van der Waals surface area contributed by atoms with Gasteiger partial charge in [0.15, 0.2) is 5.82 Å². The molecule has 3 nitrogen and oxygen atoms in total. The van der Waals surface area contributed by atoms with E-state index in [1.807, 2.05) is 18.8 Å². The zero-order valence-corrected chi connectivity index (χ0v) is 9.84. The summed E-state index contributed by atoms with van der Waals surface area (Å²) < 4.78 is 4.23. The maximum absolute atomic E-state index is 4.30. The van der Waals surface area contributed by atoms with E-state index in [2.05, 4.69) is 28.5 Å². The molecule has 0 aliphatic heterocycles. The van der Waals surface area contributed by atoms with E-state index >= 15 is 0 Å². The molecule has 1 rings (SSSR count). The summed E-state index contributed by atoms with van der Waals surface area (Å²) >= 11 is 3.31. The van der Waals surface area contributed by atoms with Crippen molar-refractivity contribution in [1.29, 1.82) is 0 Å². The predicted molar refractivity (Wildman–Crippen MR) is 60.5 cm³/mol. The van der Waals surface area contributed by atoms with Crippen LogP contribution in [0.25, 0.3) is 0 Å². The Morgan fingerprint density at radius 2 is 2.31 bits per heavy atom. The minimum Gasteiger partial charge on any atom is -0.363 e. The van der Waals surface area contributed by atoms with Gasteiger partial charge in [0.25, 0.3) is 0 Å². The van der Waals surface area contributed by atoms with Crippen molar-refractivity contribution >= 4 is 28.4 Å². The summed E-state index contributed by atoms with van der Waals surface area (Å²) in [5, 5.41) is 3.89. The van der Waals surface area contributed by atoms with Gasteiger partial charge in [0.05, 0.1) is 5.75 Å². The molecule has 0 saturated carbocycles. The molecule has 0 amide bonds. The summed E-state index contributed by atoms with van der Waals surface area (Å²) in [7, 11) is 1.87. The van der Waals surface area contributed by atoms with Crippen LogP contribution < -0.4 is 5.32 Å². The van der Waals surface area contributed by atoms with Crippen LogP contribution in [0.3, 0.4) is 0 Å². The topological polar surface area (TPSA) is 37.8 Å². The number of hydrogen-bond donors (Lipinski definition) is 1. The Balaban J connectivity index is 2.28. The van der Waals surface area contributed by atoms with E-state index in [0.717, 1.165) is 22.6 Å². The molecule has 0 fully saturated rings. The van der Waals surface area contributed by atoms with Crippen molar-refractivity contribution in [3.05, 3.63) is 5.82 Å². The fraction of sp³-hybridized carbons (Fsp3) is 0.750. The lowest BCUT2D eigenvalue weighted by molar-refractivity contribution is 0.750. The van der Waals surface area contributed by atoms with Gasteiger partial charge in [-0.3, -0.25) is 0 Å². The lowest BCUT2D eigenvalue weighted by Gasteiger charge is -2.00. The van der Waals surface area contributed by atoms with Crippen molar-refractivity contribution < 1.29 is 0 Å². The minimum atomic E-state index is 0.743. The first kappa shape index (κ1) is 10.8. The van der Waals surface area contributed by atoms with Gasteiger partial charge in [0.2, 0.25) is 5.13 Å². The molecule has 1 N–H and O–H groups in total. The van der Waals surface area contributed by atoms with Crippen LogP contribution in [0.5, 0.6) is 0 Å². The van der Waals surface area contributed by atoms with Crippen LogP contribution in [-0.4, -0.2) is 22.2 Å². The summed E-state index contributed by atoms with van der Waals surface area (Å²) in [6.07, 6.45) is 0. The molecular formula is C8H15N3S2. The van der Waals surface area contributed by atoms with E-state index in [0.29, 0.717) is 0 Å². The van der Waals surface area contributed by atoms with Crippen molar-refractivity contribution in [3.63, 3.8) is 0 Å². The summed E-state index contributed by atoms with van der Waals surface area (Å²) in [5.41, 5.74) is 0. The molecule has 0 bridgehead atoms. The molecule has 74 valence electrons. The zero-order chi connectivity index (χ0) is 9.68. The van der Waals surface area contributed by atoms with Crippen molar-refractivity contribution in [2.75, 3.05) is 18.1 Å². The highest BCUT2D eigenvalue weighted by atomic mass is 32.2. The lowest BCUT2D eigenvalue weighted by Crippen LogP contribution is -1.93. The maximum Gasteiger partial charge on any atom is 0.202 e. The van der Waals surface area contributed by atoms with Crippen LogP contribution >= 0.6 is 23.3 Å². The van der Waals surface area contributed by atoms with Gasteiger partial charge in [-0.15, -0.1) is 0 Å². The number of anilines is 1. The van der Waals surface area contributed by atoms with Crippen molar-refractivity contribution in [2.24, 2.45) is 5.92 Å². The molecule has 1 aromatic rings. The lowest BCUT2D eigenvalue weighted by atomic mass is 10.3. The molecule has 0 radical (unpaired) electrons. The first-order valence-electron chi connectivity index (χ1n) is 4.30. The van der Waals surface area contributed by atoms with Crippen LogP contribution in [0.4, 0.5) is 5.13 Å². The number of rotatable bonds is 5. The third kappa shape index (κ3) is 3.95. The fourth-order valence-electron chi connectivity index (χ4n) is 0.800. The van der Waals surface area contributed by atoms with Crippen molar-refractivity contribution in [1.82, 2.24) is 9.36 Å². The summed E-state index contributed by atoms with van der Waals surface area (Å²) in [6, 6.07) is 0. The Kier molecular flexibility index (Phi) is 4.52. The van der Waals surface area contributed by atoms with Crippen LogP contribution in [0.1, 0.15) is 19.7 Å². The molecule has 0 atom stereocenters. The molecule has 0 unspecified atom stereocenters. The van der Waals surface area contributed by atoms with Crippen molar-refractivity contribution in [2.45, 2.75) is 19.6 Å². The average molecular weight is 217 g/mol. The van der Waals surface area contributed by atoms with Gasteiger partial charge >= 0.3 is 0 Å². The molecule has 0 spiro atoms. The second-order valence-electron chi connectivity index (χ2n) is 3.17. The molecule has 1 aromatic heterocycles. The van der Waals surface area contributed by atoms with Gasteiger partial charge in [0, 0.05) is 18.6 Å². The number of nitrogens with one attached hydrogen (secondary N) is 1. The smallest absolute Gasteiger partial charge is 0.202 e. The Hall–Kier alpha value is -0.290. The van der Waals surface area contributed by atoms with Gasteiger partial charge in [-0.05, 0) is 11.7 Å². The molecule has 0 saturated heterocycles. The monoisotopic (exact) mass is 217 g/mol. The largest absolute Gasteiger partial charge is 0.363 e. The molecule has 1 heterocycles. The van der Waals surface area contributed by atoms with Gasteiger partial charge in [-0.1, -0.05) is 13.8 Å². The Bertz CT molecular complexity index is 247. The first-order valence-corrected chi connectivity index (χ1v) is 6.23. The first-order chi connectivity index (χ1) is 6.22. The maximum atomic E-state index is 4.30. The van der Waals surface area contributed by atoms with Gasteiger partial charge < -0.3 is 5.32 Å². The number of thioether (sulfide) groups is 1. The van der Waals surface area contributed by atoms with Crippen LogP contribution in [0.2, 0.25) is 0 Å². The van der Waals surface area contributed by atoms with Crippen molar-refractivity contribution in [3.8, 4) is 0 Å². The molecule has 0 aliphatic carbocycles. The van der Waals surface area contributed by atoms with Gasteiger partial charge in [-0.2, -0.15) is 16.1 Å². The second-order valence-corrected chi connectivity index (χ2v) is 4.96. The fourth-order valence-corrected chi connectivity index (χ4v) is 2.32. The van der Waals surface area contributed by atoms with Crippen LogP contribution in [0, 0.1) is 5.92 Å². The Morgan fingerprint density at radius 1 is 1.54 bits per heavy atom. The Morgan fingerprint density at radius 3 is 2.85 bits per heavy atom. The zero-order valence-electron chi connectivity index (χ0n) is 8.20. The van der Waals surface area contributed by atoms with E-state index in [4.69, 9.17) is 0 Å². The highest BCUT2D eigenvalue weighted by molar-refractivity contribution is 7.98. The summed E-state index contributed by atoms with van der Waals surface area (Å²) in [4.78, 5) is 4.30. The van der Waals surface area contributed by atoms with Crippen LogP contribution in [-0.2, 0) is 5.75 Å². The number of aromatic nitrogens is 2. The number of hydrogen-bond acceptors (Lipinski definition) is 5.